The monoisotopic (exact) mass is 329 g/mol. The first-order valence-corrected chi connectivity index (χ1v) is 6.77. The first kappa shape index (κ1) is 14.5. The van der Waals surface area contributed by atoms with Crippen LogP contribution >= 0.6 is 0 Å². The third-order valence-corrected chi connectivity index (χ3v) is 4.84. The van der Waals surface area contributed by atoms with E-state index in [-0.39, 0.29) is 28.9 Å². The van der Waals surface area contributed by atoms with Crippen molar-refractivity contribution in [3.8, 4) is 0 Å². The smallest absolute Gasteiger partial charge is 0.283 e. The number of anilines is 1. The van der Waals surface area contributed by atoms with Gasteiger partial charge in [0.2, 0.25) is 0 Å². The summed E-state index contributed by atoms with van der Waals surface area (Å²) in [6.07, 6.45) is 5.31. The van der Waals surface area contributed by atoms with Gasteiger partial charge < -0.3 is 31.3 Å². The Kier molecular flexibility index (Phi) is 4.30. The molecule has 5 nitrogen and oxygen atoms in total. The normalized spacial score (nSPS) is 30.5. The van der Waals surface area contributed by atoms with Gasteiger partial charge >= 0.3 is 0 Å². The molecule has 0 aromatic carbocycles. The Labute approximate surface area is 123 Å². The van der Waals surface area contributed by atoms with Gasteiger partial charge in [-0.1, -0.05) is 5.16 Å². The second kappa shape index (κ2) is 5.63. The van der Waals surface area contributed by atoms with E-state index in [0.29, 0.717) is 5.82 Å². The molecule has 1 aromatic rings. The standard InChI is InChI=1S/C13H19N3O2.BrH/c1-10(13(17)14-12-5-9-18-15-12)16-6-2-11(3-7-16)4-8-16;/h5,9-11H,2-4,6-8H2,1H3;1H. The van der Waals surface area contributed by atoms with Crippen LogP contribution < -0.4 is 22.3 Å². The lowest BCUT2D eigenvalue weighted by Gasteiger charge is -2.51. The minimum atomic E-state index is 0. The van der Waals surface area contributed by atoms with Crippen molar-refractivity contribution < 1.29 is 30.8 Å². The number of carbonyl (C=O) groups excluding carboxylic acids is 1. The number of aromatic nitrogens is 1. The van der Waals surface area contributed by atoms with Crippen molar-refractivity contribution in [2.45, 2.75) is 32.2 Å². The summed E-state index contributed by atoms with van der Waals surface area (Å²) >= 11 is 0. The molecule has 19 heavy (non-hydrogen) atoms. The van der Waals surface area contributed by atoms with Crippen LogP contribution in [0.2, 0.25) is 0 Å². The first-order valence-electron chi connectivity index (χ1n) is 6.77. The summed E-state index contributed by atoms with van der Waals surface area (Å²) in [5, 5.41) is 6.56. The lowest BCUT2D eigenvalue weighted by molar-refractivity contribution is -0.954. The van der Waals surface area contributed by atoms with Gasteiger partial charge in [0.15, 0.2) is 11.9 Å². The van der Waals surface area contributed by atoms with Crippen LogP contribution in [0.25, 0.3) is 0 Å². The van der Waals surface area contributed by atoms with Gasteiger partial charge in [0, 0.05) is 6.07 Å². The number of quaternary nitrogens is 1. The predicted molar refractivity (Wildman–Crippen MR) is 66.8 cm³/mol. The molecule has 1 N–H and O–H groups in total. The number of nitrogens with one attached hydrogen (secondary N) is 1. The molecule has 2 bridgehead atoms. The summed E-state index contributed by atoms with van der Waals surface area (Å²) in [6.45, 7) is 5.50. The highest BCUT2D eigenvalue weighted by Gasteiger charge is 2.45. The summed E-state index contributed by atoms with van der Waals surface area (Å²) in [6, 6.07) is 1.68. The molecule has 0 radical (unpaired) electrons. The molecule has 4 heterocycles. The Morgan fingerprint density at radius 3 is 2.58 bits per heavy atom. The summed E-state index contributed by atoms with van der Waals surface area (Å²) in [5.41, 5.74) is 0. The molecule has 106 valence electrons. The molecule has 3 aliphatic rings. The minimum absolute atomic E-state index is 0. The first-order chi connectivity index (χ1) is 8.70. The van der Waals surface area contributed by atoms with E-state index in [1.807, 2.05) is 6.92 Å². The number of rotatable bonds is 3. The molecule has 3 fully saturated rings. The fourth-order valence-corrected chi connectivity index (χ4v) is 3.42. The van der Waals surface area contributed by atoms with Crippen molar-refractivity contribution in [3.05, 3.63) is 12.3 Å². The van der Waals surface area contributed by atoms with Crippen molar-refractivity contribution in [1.29, 1.82) is 0 Å². The van der Waals surface area contributed by atoms with E-state index in [2.05, 4.69) is 10.5 Å². The second-order valence-corrected chi connectivity index (χ2v) is 5.67. The molecule has 0 saturated carbocycles. The predicted octanol–water partition coefficient (Wildman–Crippen LogP) is -1.36. The number of carbonyl (C=O) groups is 1. The van der Waals surface area contributed by atoms with Crippen molar-refractivity contribution in [2.75, 3.05) is 25.0 Å². The Hall–Kier alpha value is -0.880. The Balaban J connectivity index is 0.00000133. The molecule has 0 spiro atoms. The summed E-state index contributed by atoms with van der Waals surface area (Å²) in [5.74, 6) is 1.48. The highest BCUT2D eigenvalue weighted by Crippen LogP contribution is 2.35. The van der Waals surface area contributed by atoms with Crippen molar-refractivity contribution in [1.82, 2.24) is 5.16 Å². The molecular weight excluding hydrogens is 310 g/mol. The maximum atomic E-state index is 12.3. The van der Waals surface area contributed by atoms with E-state index in [1.54, 1.807) is 6.07 Å². The summed E-state index contributed by atoms with van der Waals surface area (Å²) < 4.78 is 5.69. The zero-order valence-corrected chi connectivity index (χ0v) is 12.7. The lowest BCUT2D eigenvalue weighted by atomic mass is 9.84. The van der Waals surface area contributed by atoms with E-state index in [9.17, 15) is 4.79 Å². The topological polar surface area (TPSA) is 55.1 Å². The van der Waals surface area contributed by atoms with Crippen molar-refractivity contribution in [3.63, 3.8) is 0 Å². The van der Waals surface area contributed by atoms with E-state index < -0.39 is 0 Å². The lowest BCUT2D eigenvalue weighted by Crippen LogP contribution is -3.00. The maximum Gasteiger partial charge on any atom is 0.283 e. The fraction of sp³-hybridized carbons (Fsp3) is 0.692. The average Bonchev–Trinajstić information content (AvgIpc) is 2.93. The number of halogens is 1. The van der Waals surface area contributed by atoms with Crippen molar-refractivity contribution >= 4 is 11.7 Å². The zero-order valence-electron chi connectivity index (χ0n) is 11.1. The van der Waals surface area contributed by atoms with Gasteiger partial charge in [-0.25, -0.2) is 0 Å². The Morgan fingerprint density at radius 2 is 2.05 bits per heavy atom. The van der Waals surface area contributed by atoms with Gasteiger partial charge in [-0.3, -0.25) is 4.79 Å². The molecule has 1 amide bonds. The van der Waals surface area contributed by atoms with Gasteiger partial charge in [0.25, 0.3) is 5.91 Å². The number of amides is 1. The summed E-state index contributed by atoms with van der Waals surface area (Å²) in [7, 11) is 0. The van der Waals surface area contributed by atoms with Gasteiger partial charge in [-0.15, -0.1) is 0 Å². The molecule has 6 heteroatoms. The molecule has 3 aliphatic heterocycles. The number of fused-ring (bicyclic) bond motifs is 3. The third kappa shape index (κ3) is 2.69. The molecule has 1 unspecified atom stereocenters. The van der Waals surface area contributed by atoms with E-state index in [4.69, 9.17) is 4.52 Å². The van der Waals surface area contributed by atoms with E-state index >= 15 is 0 Å². The average molecular weight is 330 g/mol. The van der Waals surface area contributed by atoms with Crippen LogP contribution in [-0.2, 0) is 4.79 Å². The van der Waals surface area contributed by atoms with Crippen LogP contribution in [0.3, 0.4) is 0 Å². The van der Waals surface area contributed by atoms with Gasteiger partial charge in [0.1, 0.15) is 6.26 Å². The van der Waals surface area contributed by atoms with Gasteiger partial charge in [-0.05, 0) is 32.1 Å². The Morgan fingerprint density at radius 1 is 1.42 bits per heavy atom. The third-order valence-electron chi connectivity index (χ3n) is 4.84. The van der Waals surface area contributed by atoms with Crippen LogP contribution in [0.4, 0.5) is 5.82 Å². The van der Waals surface area contributed by atoms with Crippen LogP contribution in [0.15, 0.2) is 16.9 Å². The van der Waals surface area contributed by atoms with Gasteiger partial charge in [-0.2, -0.15) is 0 Å². The molecule has 3 saturated heterocycles. The van der Waals surface area contributed by atoms with E-state index in [0.717, 1.165) is 30.0 Å². The van der Waals surface area contributed by atoms with Crippen LogP contribution in [-0.4, -0.2) is 41.2 Å². The van der Waals surface area contributed by atoms with Crippen LogP contribution in [0.1, 0.15) is 26.2 Å². The highest BCUT2D eigenvalue weighted by atomic mass is 79.9. The second-order valence-electron chi connectivity index (χ2n) is 5.67. The zero-order chi connectivity index (χ0) is 12.6. The largest absolute Gasteiger partial charge is 1.00 e. The molecule has 4 rings (SSSR count). The maximum absolute atomic E-state index is 12.3. The van der Waals surface area contributed by atoms with E-state index in [1.165, 1.54) is 25.5 Å². The molecular formula is C13H20BrN3O2. The molecule has 1 atom stereocenters. The fourth-order valence-electron chi connectivity index (χ4n) is 3.42. The van der Waals surface area contributed by atoms with Crippen LogP contribution in [0, 0.1) is 5.92 Å². The van der Waals surface area contributed by atoms with Crippen LogP contribution in [0.5, 0.6) is 0 Å². The Bertz CT molecular complexity index is 413. The summed E-state index contributed by atoms with van der Waals surface area (Å²) in [4.78, 5) is 12.3. The molecule has 1 aromatic heterocycles. The van der Waals surface area contributed by atoms with Crippen molar-refractivity contribution in [2.24, 2.45) is 5.92 Å². The number of hydrogen-bond donors (Lipinski definition) is 1. The minimum Gasteiger partial charge on any atom is -1.00 e. The molecule has 0 aliphatic carbocycles. The number of nitrogens with zero attached hydrogens (tertiary/aromatic N) is 2. The number of piperidine rings is 3. The SMILES string of the molecule is CC(C(=O)Nc1ccon1)[N+]12CCC(CC1)CC2.[Br-]. The van der Waals surface area contributed by atoms with Gasteiger partial charge in [0.05, 0.1) is 19.6 Å². The number of hydrogen-bond acceptors (Lipinski definition) is 3. The highest BCUT2D eigenvalue weighted by molar-refractivity contribution is 5.92. The quantitative estimate of drug-likeness (QED) is 0.697.